The van der Waals surface area contributed by atoms with Crippen LogP contribution in [0.3, 0.4) is 0 Å². The van der Waals surface area contributed by atoms with Crippen LogP contribution in [0, 0.1) is 5.82 Å². The van der Waals surface area contributed by atoms with Crippen molar-refractivity contribution in [3.8, 4) is 5.75 Å². The first kappa shape index (κ1) is 24.9. The molecule has 2 heterocycles. The number of methoxy groups -OCH3 is 1. The van der Waals surface area contributed by atoms with E-state index in [9.17, 15) is 19.1 Å². The summed E-state index contributed by atoms with van der Waals surface area (Å²) in [6, 6.07) is 14.5. The number of nitrogens with one attached hydrogen (secondary N) is 1. The molecule has 9 heteroatoms. The maximum Gasteiger partial charge on any atom is 0.295 e. The zero-order chi connectivity index (χ0) is 26.3. The number of hydrogen-bond donors (Lipinski definition) is 2. The zero-order valence-electron chi connectivity index (χ0n) is 19.6. The number of ether oxygens (including phenoxy) is 1. The lowest BCUT2D eigenvalue weighted by Crippen LogP contribution is -2.31. The number of carbonyl (C=O) groups excluding carboxylic acids is 2. The van der Waals surface area contributed by atoms with Crippen LogP contribution in [0.5, 0.6) is 5.75 Å². The molecule has 0 radical (unpaired) electrons. The van der Waals surface area contributed by atoms with Gasteiger partial charge in [0.15, 0.2) is 0 Å². The molecule has 1 aliphatic rings. The van der Waals surface area contributed by atoms with Gasteiger partial charge in [-0.15, -0.1) is 0 Å². The van der Waals surface area contributed by atoms with Gasteiger partial charge in [0.05, 0.1) is 18.7 Å². The van der Waals surface area contributed by atoms with Crippen molar-refractivity contribution in [3.05, 3.63) is 105 Å². The van der Waals surface area contributed by atoms with Gasteiger partial charge < -0.3 is 19.7 Å². The van der Waals surface area contributed by atoms with E-state index in [1.807, 2.05) is 24.4 Å². The molecule has 1 atom stereocenters. The van der Waals surface area contributed by atoms with Crippen molar-refractivity contribution in [2.75, 3.05) is 13.7 Å². The number of amides is 1. The number of aromatic nitrogens is 1. The molecular weight excluding hydrogens is 518 g/mol. The SMILES string of the molecule is COc1ccc2[nH]cc(CCN3C(=O)C(=O)C(=C(O)c4ccc(F)cc4)[C@H]3c3ccc(Cl)cc3Cl)c2c1. The van der Waals surface area contributed by atoms with Gasteiger partial charge >= 0.3 is 0 Å². The first-order valence-electron chi connectivity index (χ1n) is 11.4. The third-order valence-corrected chi connectivity index (χ3v) is 7.07. The first-order valence-corrected chi connectivity index (χ1v) is 12.2. The Kier molecular flexibility index (Phi) is 6.67. The highest BCUT2D eigenvalue weighted by Crippen LogP contribution is 2.42. The summed E-state index contributed by atoms with van der Waals surface area (Å²) in [6.07, 6.45) is 2.27. The van der Waals surface area contributed by atoms with Crippen molar-refractivity contribution in [2.24, 2.45) is 0 Å². The lowest BCUT2D eigenvalue weighted by atomic mass is 9.95. The standard InChI is InChI=1S/C28H21Cl2FN2O4/c1-37-19-7-9-23-21(13-19)16(14-32-23)10-11-33-25(20-8-4-17(29)12-22(20)30)24(27(35)28(33)36)26(34)15-2-5-18(31)6-3-15/h2-9,12-14,25,32,34H,10-11H2,1H3/t25-/m1/s1. The van der Waals surface area contributed by atoms with Crippen LogP contribution in [0.4, 0.5) is 4.39 Å². The second-order valence-corrected chi connectivity index (χ2v) is 9.48. The lowest BCUT2D eigenvalue weighted by molar-refractivity contribution is -0.139. The normalized spacial score (nSPS) is 17.1. The van der Waals surface area contributed by atoms with Gasteiger partial charge in [0.1, 0.15) is 17.3 Å². The summed E-state index contributed by atoms with van der Waals surface area (Å²) in [6.45, 7) is 0.165. The quantitative estimate of drug-likeness (QED) is 0.172. The number of Topliss-reactive ketones (excluding diaryl/α,β-unsaturated/α-hetero) is 1. The fourth-order valence-corrected chi connectivity index (χ4v) is 5.16. The van der Waals surface area contributed by atoms with Crippen molar-refractivity contribution < 1.29 is 23.8 Å². The molecule has 4 aromatic rings. The number of H-pyrrole nitrogens is 1. The van der Waals surface area contributed by atoms with E-state index in [0.717, 1.165) is 16.5 Å². The molecule has 6 nitrogen and oxygen atoms in total. The second-order valence-electron chi connectivity index (χ2n) is 8.64. The monoisotopic (exact) mass is 538 g/mol. The Bertz CT molecular complexity index is 1560. The Morgan fingerprint density at radius 1 is 1.08 bits per heavy atom. The summed E-state index contributed by atoms with van der Waals surface area (Å²) in [5.41, 5.74) is 2.36. The molecule has 1 fully saturated rings. The smallest absolute Gasteiger partial charge is 0.295 e. The van der Waals surface area contributed by atoms with Crippen molar-refractivity contribution in [2.45, 2.75) is 12.5 Å². The average Bonchev–Trinajstić information content (AvgIpc) is 3.40. The molecule has 0 saturated carbocycles. The first-order chi connectivity index (χ1) is 17.8. The molecule has 3 aromatic carbocycles. The van der Waals surface area contributed by atoms with Crippen molar-refractivity contribution in [1.29, 1.82) is 0 Å². The number of carbonyl (C=O) groups is 2. The molecule has 0 bridgehead atoms. The highest BCUT2D eigenvalue weighted by atomic mass is 35.5. The Balaban J connectivity index is 1.58. The highest BCUT2D eigenvalue weighted by Gasteiger charge is 2.46. The maximum absolute atomic E-state index is 13.5. The van der Waals surface area contributed by atoms with Crippen LogP contribution in [0.2, 0.25) is 10.0 Å². The molecule has 1 saturated heterocycles. The lowest BCUT2D eigenvalue weighted by Gasteiger charge is -2.26. The molecule has 1 aromatic heterocycles. The van der Waals surface area contributed by atoms with E-state index in [-0.39, 0.29) is 22.7 Å². The van der Waals surface area contributed by atoms with Gasteiger partial charge in [-0.1, -0.05) is 29.3 Å². The Hall–Kier alpha value is -3.81. The van der Waals surface area contributed by atoms with Crippen molar-refractivity contribution in [1.82, 2.24) is 9.88 Å². The Morgan fingerprint density at radius 3 is 2.54 bits per heavy atom. The molecule has 37 heavy (non-hydrogen) atoms. The van der Waals surface area contributed by atoms with E-state index in [4.69, 9.17) is 27.9 Å². The minimum Gasteiger partial charge on any atom is -0.507 e. The minimum atomic E-state index is -0.963. The summed E-state index contributed by atoms with van der Waals surface area (Å²) in [5.74, 6) is -1.82. The fourth-order valence-electron chi connectivity index (χ4n) is 4.65. The molecule has 0 unspecified atom stereocenters. The van der Waals surface area contributed by atoms with Crippen LogP contribution in [0.15, 0.2) is 72.4 Å². The Morgan fingerprint density at radius 2 is 1.84 bits per heavy atom. The van der Waals surface area contributed by atoms with E-state index in [1.165, 1.54) is 35.2 Å². The van der Waals surface area contributed by atoms with E-state index >= 15 is 0 Å². The number of benzene rings is 3. The predicted octanol–water partition coefficient (Wildman–Crippen LogP) is 6.29. The van der Waals surface area contributed by atoms with Crippen LogP contribution >= 0.6 is 23.2 Å². The molecule has 5 rings (SSSR count). The van der Waals surface area contributed by atoms with Gasteiger partial charge in [-0.2, -0.15) is 0 Å². The summed E-state index contributed by atoms with van der Waals surface area (Å²) in [4.78, 5) is 31.1. The van der Waals surface area contributed by atoms with Crippen molar-refractivity contribution >= 4 is 51.6 Å². The van der Waals surface area contributed by atoms with E-state index < -0.39 is 29.3 Å². The number of aliphatic hydroxyl groups excluding tert-OH is 1. The van der Waals surface area contributed by atoms with Crippen LogP contribution in [-0.4, -0.2) is 40.3 Å². The van der Waals surface area contributed by atoms with Gasteiger partial charge in [-0.05, 0) is 72.1 Å². The number of rotatable bonds is 6. The molecule has 1 aliphatic heterocycles. The van der Waals surface area contributed by atoms with Crippen LogP contribution in [0.1, 0.15) is 22.7 Å². The van der Waals surface area contributed by atoms with Gasteiger partial charge in [-0.3, -0.25) is 9.59 Å². The number of aliphatic hydroxyl groups is 1. The number of likely N-dealkylation sites (tertiary alicyclic amines) is 1. The summed E-state index contributed by atoms with van der Waals surface area (Å²) >= 11 is 12.6. The molecule has 2 N–H and O–H groups in total. The number of fused-ring (bicyclic) bond motifs is 1. The van der Waals surface area contributed by atoms with Crippen LogP contribution in [-0.2, 0) is 16.0 Å². The van der Waals surface area contributed by atoms with Crippen LogP contribution < -0.4 is 4.74 Å². The number of ketones is 1. The van der Waals surface area contributed by atoms with Gasteiger partial charge in [-0.25, -0.2) is 4.39 Å². The number of hydrogen-bond acceptors (Lipinski definition) is 4. The molecule has 1 amide bonds. The third-order valence-electron chi connectivity index (χ3n) is 6.51. The molecule has 188 valence electrons. The van der Waals surface area contributed by atoms with E-state index in [2.05, 4.69) is 4.98 Å². The van der Waals surface area contributed by atoms with Crippen molar-refractivity contribution in [3.63, 3.8) is 0 Å². The largest absolute Gasteiger partial charge is 0.507 e. The number of halogens is 3. The number of nitrogens with zero attached hydrogens (tertiary/aromatic N) is 1. The summed E-state index contributed by atoms with van der Waals surface area (Å²) in [7, 11) is 1.59. The topological polar surface area (TPSA) is 82.6 Å². The number of aromatic amines is 1. The molecule has 0 spiro atoms. The summed E-state index contributed by atoms with van der Waals surface area (Å²) in [5, 5.41) is 12.7. The Labute approximate surface area is 221 Å². The van der Waals surface area contributed by atoms with Gasteiger partial charge in [0.25, 0.3) is 11.7 Å². The average molecular weight is 539 g/mol. The maximum atomic E-state index is 13.5. The summed E-state index contributed by atoms with van der Waals surface area (Å²) < 4.78 is 18.8. The zero-order valence-corrected chi connectivity index (χ0v) is 21.1. The highest BCUT2D eigenvalue weighted by molar-refractivity contribution is 6.47. The third kappa shape index (κ3) is 4.56. The van der Waals surface area contributed by atoms with Gasteiger partial charge in [0.2, 0.25) is 0 Å². The second kappa shape index (κ2) is 9.92. The van der Waals surface area contributed by atoms with Gasteiger partial charge in [0, 0.05) is 39.3 Å². The minimum absolute atomic E-state index is 0.124. The van der Waals surface area contributed by atoms with Crippen LogP contribution in [0.25, 0.3) is 16.7 Å². The molecule has 0 aliphatic carbocycles. The predicted molar refractivity (Wildman–Crippen MR) is 140 cm³/mol. The van der Waals surface area contributed by atoms with E-state index in [1.54, 1.807) is 19.2 Å². The fraction of sp³-hybridized carbons (Fsp3) is 0.143. The van der Waals surface area contributed by atoms with E-state index in [0.29, 0.717) is 22.8 Å². The molecular formula is C28H21Cl2FN2O4.